The van der Waals surface area contributed by atoms with Gasteiger partial charge in [-0.2, -0.15) is 0 Å². The summed E-state index contributed by atoms with van der Waals surface area (Å²) in [5.41, 5.74) is 6.74. The van der Waals surface area contributed by atoms with Gasteiger partial charge in [-0.3, -0.25) is 0 Å². The first-order valence-corrected chi connectivity index (χ1v) is 13.9. The molecule has 0 atom stereocenters. The highest BCUT2D eigenvalue weighted by atomic mass is 127. The highest BCUT2D eigenvalue weighted by Gasteiger charge is 2.19. The monoisotopic (exact) mass is 572 g/mol. The van der Waals surface area contributed by atoms with Crippen molar-refractivity contribution in [1.82, 2.24) is 0 Å². The van der Waals surface area contributed by atoms with Crippen LogP contribution in [0.2, 0.25) is 0 Å². The van der Waals surface area contributed by atoms with Gasteiger partial charge in [-0.1, -0.05) is 69.7 Å². The van der Waals surface area contributed by atoms with Crippen molar-refractivity contribution >= 4 is 58.5 Å². The molecule has 5 rings (SSSR count). The second-order valence-electron chi connectivity index (χ2n) is 9.58. The Hall–Kier alpha value is -2.59. The molecule has 35 heavy (non-hydrogen) atoms. The number of methoxy groups -OCH3 is 1. The van der Waals surface area contributed by atoms with Gasteiger partial charge in [0.25, 0.3) is 0 Å². The summed E-state index contributed by atoms with van der Waals surface area (Å²) < 4.78 is 6.54. The number of halogens is 1. The molecule has 0 heterocycles. The number of unbranched alkanes of at least 4 members (excludes halogenated alkanes) is 2. The molecule has 0 aliphatic rings. The van der Waals surface area contributed by atoms with Crippen LogP contribution in [0.1, 0.15) is 56.2 Å². The van der Waals surface area contributed by atoms with E-state index < -0.39 is 0 Å². The molecule has 0 amide bonds. The summed E-state index contributed by atoms with van der Waals surface area (Å²) in [4.78, 5) is 0. The molecule has 0 radical (unpaired) electrons. The van der Waals surface area contributed by atoms with Crippen LogP contribution in [0.5, 0.6) is 5.75 Å². The Labute approximate surface area is 222 Å². The smallest absolute Gasteiger partial charge is 0.118 e. The van der Waals surface area contributed by atoms with Crippen LogP contribution in [0.4, 0.5) is 0 Å². The molecule has 0 N–H and O–H groups in total. The summed E-state index contributed by atoms with van der Waals surface area (Å²) in [6.07, 6.45) is 7.00. The van der Waals surface area contributed by atoms with Crippen LogP contribution in [0, 0.1) is 0 Å². The van der Waals surface area contributed by atoms with E-state index in [1.165, 1.54) is 85.8 Å². The molecule has 1 nitrogen and oxygen atoms in total. The zero-order valence-electron chi connectivity index (χ0n) is 21.0. The van der Waals surface area contributed by atoms with Crippen molar-refractivity contribution in [1.29, 1.82) is 0 Å². The van der Waals surface area contributed by atoms with Crippen LogP contribution in [0.15, 0.2) is 67.2 Å². The van der Waals surface area contributed by atoms with E-state index in [1.807, 2.05) is 0 Å². The summed E-state index contributed by atoms with van der Waals surface area (Å²) in [6, 6.07) is 22.8. The van der Waals surface area contributed by atoms with Crippen molar-refractivity contribution in [3.05, 3.63) is 83.9 Å². The Morgan fingerprint density at radius 3 is 1.86 bits per heavy atom. The fourth-order valence-corrected chi connectivity index (χ4v) is 5.97. The molecular weight excluding hydrogens is 539 g/mol. The van der Waals surface area contributed by atoms with E-state index in [1.54, 1.807) is 7.11 Å². The summed E-state index contributed by atoms with van der Waals surface area (Å²) in [7, 11) is 1.72. The topological polar surface area (TPSA) is 9.23 Å². The third-order valence-electron chi connectivity index (χ3n) is 7.36. The van der Waals surface area contributed by atoms with Gasteiger partial charge in [0, 0.05) is 3.58 Å². The van der Waals surface area contributed by atoms with Gasteiger partial charge >= 0.3 is 0 Å². The third-order valence-corrected chi connectivity index (χ3v) is 7.94. The van der Waals surface area contributed by atoms with Gasteiger partial charge in [-0.15, -0.1) is 0 Å². The summed E-state index contributed by atoms with van der Waals surface area (Å²) in [5, 5.41) is 8.29. The highest BCUT2D eigenvalue weighted by Crippen LogP contribution is 2.45. The lowest BCUT2D eigenvalue weighted by atomic mass is 9.83. The van der Waals surface area contributed by atoms with Crippen LogP contribution in [0.3, 0.4) is 0 Å². The van der Waals surface area contributed by atoms with Crippen LogP contribution in [-0.2, 0) is 12.8 Å². The van der Waals surface area contributed by atoms with E-state index in [9.17, 15) is 0 Å². The van der Waals surface area contributed by atoms with Gasteiger partial charge < -0.3 is 4.74 Å². The van der Waals surface area contributed by atoms with Crippen molar-refractivity contribution in [2.24, 2.45) is 0 Å². The number of benzene rings is 5. The second-order valence-corrected chi connectivity index (χ2v) is 10.9. The first kappa shape index (κ1) is 24.1. The first-order valence-electron chi connectivity index (χ1n) is 12.8. The molecular formula is C33H33IO. The molecule has 0 bridgehead atoms. The standard InChI is InChI=1S/C33H33IO/c1-5-7-9-23-19-30(21(3)34)28-17-15-27-24(10-8-6-2)20-31(22-11-13-25(35-4)14-12-22)29-18-16-26(23)32(28)33(27)29/h11-20H,3,5-10H2,1-2,4H3. The normalized spacial score (nSPS) is 11.7. The van der Waals surface area contributed by atoms with Crippen LogP contribution in [-0.4, -0.2) is 7.11 Å². The average molecular weight is 573 g/mol. The predicted molar refractivity (Wildman–Crippen MR) is 162 cm³/mol. The number of ether oxygens (including phenoxy) is 1. The average Bonchev–Trinajstić information content (AvgIpc) is 2.89. The van der Waals surface area contributed by atoms with E-state index in [-0.39, 0.29) is 0 Å². The molecule has 0 saturated carbocycles. The van der Waals surface area contributed by atoms with E-state index in [0.29, 0.717) is 0 Å². The van der Waals surface area contributed by atoms with E-state index in [2.05, 4.69) is 104 Å². The quantitative estimate of drug-likeness (QED) is 0.126. The number of aryl methyl sites for hydroxylation is 2. The molecule has 5 aromatic carbocycles. The molecule has 0 spiro atoms. The summed E-state index contributed by atoms with van der Waals surface area (Å²) in [6.45, 7) is 8.89. The Balaban J connectivity index is 1.91. The molecule has 0 aliphatic carbocycles. The van der Waals surface area contributed by atoms with Crippen LogP contribution < -0.4 is 4.74 Å². The third kappa shape index (κ3) is 4.31. The van der Waals surface area contributed by atoms with Crippen molar-refractivity contribution in [3.63, 3.8) is 0 Å². The zero-order valence-corrected chi connectivity index (χ0v) is 23.2. The zero-order chi connectivity index (χ0) is 24.5. The van der Waals surface area contributed by atoms with Gasteiger partial charge in [-0.05, 0) is 133 Å². The van der Waals surface area contributed by atoms with Crippen LogP contribution in [0.25, 0.3) is 47.0 Å². The Bertz CT molecular complexity index is 1510. The Morgan fingerprint density at radius 1 is 0.743 bits per heavy atom. The summed E-state index contributed by atoms with van der Waals surface area (Å²) >= 11 is 2.40. The van der Waals surface area contributed by atoms with Crippen molar-refractivity contribution in [2.75, 3.05) is 7.11 Å². The maximum absolute atomic E-state index is 5.43. The molecule has 2 heteroatoms. The fourth-order valence-electron chi connectivity index (χ4n) is 5.52. The number of hydrogen-bond acceptors (Lipinski definition) is 1. The Morgan fingerprint density at radius 2 is 1.29 bits per heavy atom. The first-order chi connectivity index (χ1) is 17.1. The lowest BCUT2D eigenvalue weighted by Gasteiger charge is -2.21. The van der Waals surface area contributed by atoms with Crippen molar-refractivity contribution < 1.29 is 4.74 Å². The van der Waals surface area contributed by atoms with Crippen molar-refractivity contribution in [2.45, 2.75) is 52.4 Å². The van der Waals surface area contributed by atoms with Gasteiger partial charge in [0.2, 0.25) is 0 Å². The lowest BCUT2D eigenvalue weighted by molar-refractivity contribution is 0.415. The van der Waals surface area contributed by atoms with Gasteiger partial charge in [-0.25, -0.2) is 0 Å². The minimum Gasteiger partial charge on any atom is -0.497 e. The molecule has 0 aliphatic heterocycles. The van der Waals surface area contributed by atoms with Gasteiger partial charge in [0.15, 0.2) is 0 Å². The molecule has 5 aromatic rings. The largest absolute Gasteiger partial charge is 0.497 e. The molecule has 0 unspecified atom stereocenters. The SMILES string of the molecule is C=C(I)c1cc(CCCC)c2ccc3c(-c4ccc(OC)cc4)cc(CCCC)c4ccc1c2c43. The molecule has 0 saturated heterocycles. The minimum atomic E-state index is 0.892. The summed E-state index contributed by atoms with van der Waals surface area (Å²) in [5.74, 6) is 0.892. The van der Waals surface area contributed by atoms with E-state index >= 15 is 0 Å². The fraction of sp³-hybridized carbons (Fsp3) is 0.273. The van der Waals surface area contributed by atoms with Gasteiger partial charge in [0.05, 0.1) is 7.11 Å². The highest BCUT2D eigenvalue weighted by molar-refractivity contribution is 14.1. The second kappa shape index (κ2) is 10.2. The van der Waals surface area contributed by atoms with E-state index in [4.69, 9.17) is 4.74 Å². The van der Waals surface area contributed by atoms with Crippen LogP contribution >= 0.6 is 22.6 Å². The van der Waals surface area contributed by atoms with Gasteiger partial charge in [0.1, 0.15) is 5.75 Å². The van der Waals surface area contributed by atoms with Crippen molar-refractivity contribution in [3.8, 4) is 16.9 Å². The molecule has 178 valence electrons. The minimum absolute atomic E-state index is 0.892. The molecule has 0 aromatic heterocycles. The molecule has 0 fully saturated rings. The maximum atomic E-state index is 5.43. The predicted octanol–water partition coefficient (Wildman–Crippen LogP) is 10.4. The lowest BCUT2D eigenvalue weighted by Crippen LogP contribution is -1.97. The maximum Gasteiger partial charge on any atom is 0.118 e. The Kier molecular flexibility index (Phi) is 7.02. The van der Waals surface area contributed by atoms with E-state index in [0.717, 1.165) is 22.2 Å². The number of hydrogen-bond donors (Lipinski definition) is 0. The number of rotatable bonds is 9.